The molecule has 0 amide bonds. The number of rotatable bonds is 9. The Balaban J connectivity index is 1.68. The zero-order chi connectivity index (χ0) is 37.0. The van der Waals surface area contributed by atoms with Crippen LogP contribution in [-0.2, 0) is 42.7 Å². The van der Waals surface area contributed by atoms with Crippen molar-refractivity contribution in [1.82, 2.24) is 0 Å². The van der Waals surface area contributed by atoms with Crippen molar-refractivity contribution in [2.45, 2.75) is 172 Å². The number of unbranched alkanes of at least 4 members (excludes halogenated alkanes) is 4. The molecule has 0 spiro atoms. The van der Waals surface area contributed by atoms with Crippen LogP contribution in [0.15, 0.2) is 36.1 Å². The number of aliphatic hydroxyl groups excluding tert-OH is 2. The minimum absolute atomic E-state index is 0.0145. The summed E-state index contributed by atoms with van der Waals surface area (Å²) in [7, 11) is 1.25. The van der Waals surface area contributed by atoms with E-state index in [1.54, 1.807) is 26.0 Å². The molecular formula is C39H62O12. The summed E-state index contributed by atoms with van der Waals surface area (Å²) in [5, 5.41) is 34.0. The average molecular weight is 723 g/mol. The molecule has 12 heteroatoms. The fourth-order valence-electron chi connectivity index (χ4n) is 7.50. The lowest BCUT2D eigenvalue weighted by molar-refractivity contribution is -0.327. The lowest BCUT2D eigenvalue weighted by atomic mass is 9.74. The van der Waals surface area contributed by atoms with Crippen molar-refractivity contribution in [3.8, 4) is 0 Å². The fraction of sp³-hybridized carbons (Fsp3) is 0.795. The van der Waals surface area contributed by atoms with Gasteiger partial charge in [0.2, 0.25) is 5.79 Å². The summed E-state index contributed by atoms with van der Waals surface area (Å²) in [6, 6.07) is 0. The summed E-state index contributed by atoms with van der Waals surface area (Å²) in [5.74, 6) is -3.08. The number of carbonyl (C=O) groups excluding carboxylic acids is 2. The topological polar surface area (TPSA) is 159 Å². The van der Waals surface area contributed by atoms with Gasteiger partial charge in [0.05, 0.1) is 56.6 Å². The third-order valence-electron chi connectivity index (χ3n) is 10.4. The summed E-state index contributed by atoms with van der Waals surface area (Å²) in [6.07, 6.45) is 9.77. The van der Waals surface area contributed by atoms with Crippen molar-refractivity contribution in [1.29, 1.82) is 0 Å². The predicted octanol–water partition coefficient (Wildman–Crippen LogP) is 5.31. The maximum Gasteiger partial charge on any atom is 0.330 e. The average Bonchev–Trinajstić information content (AvgIpc) is 3.08. The molecule has 3 fully saturated rings. The molecule has 0 saturated carbocycles. The summed E-state index contributed by atoms with van der Waals surface area (Å²) < 4.78 is 42.2. The minimum Gasteiger partial charge on any atom is -0.493 e. The quantitative estimate of drug-likeness (QED) is 0.122. The van der Waals surface area contributed by atoms with Crippen LogP contribution in [0.25, 0.3) is 0 Å². The summed E-state index contributed by atoms with van der Waals surface area (Å²) in [6.45, 7) is 9.71. The van der Waals surface area contributed by atoms with Crippen LogP contribution in [0.4, 0.5) is 0 Å². The molecule has 0 aromatic rings. The van der Waals surface area contributed by atoms with Gasteiger partial charge in [0.1, 0.15) is 6.10 Å². The lowest BCUT2D eigenvalue weighted by Crippen LogP contribution is -2.62. The van der Waals surface area contributed by atoms with E-state index in [1.807, 2.05) is 0 Å². The highest BCUT2D eigenvalue weighted by atomic mass is 16.7. The molecule has 0 radical (unpaired) electrons. The van der Waals surface area contributed by atoms with E-state index in [2.05, 4.69) is 13.5 Å². The Kier molecular flexibility index (Phi) is 16.0. The molecule has 0 aromatic carbocycles. The molecule has 3 saturated heterocycles. The zero-order valence-corrected chi connectivity index (χ0v) is 31.1. The van der Waals surface area contributed by atoms with E-state index in [1.165, 1.54) is 13.2 Å². The smallest absolute Gasteiger partial charge is 0.330 e. The molecular weight excluding hydrogens is 660 g/mol. The second-order valence-corrected chi connectivity index (χ2v) is 15.1. The zero-order valence-electron chi connectivity index (χ0n) is 31.1. The SMILES string of the molecule is C=C1C[C@H](O)C[C@@H]2CCCC(CC3CCO[C@H](/C=C/C(C)(C)[C@]4(O)O[C@@H](C/C(=C\C(=O)OC)[C@@H]4OC(=O)CCCCCCC)C[C@H](CO)O1)O3)O2. The lowest BCUT2D eigenvalue weighted by Gasteiger charge is -2.51. The van der Waals surface area contributed by atoms with Gasteiger partial charge in [-0.05, 0) is 63.0 Å². The van der Waals surface area contributed by atoms with Gasteiger partial charge in [0.25, 0.3) is 0 Å². The van der Waals surface area contributed by atoms with E-state index in [9.17, 15) is 24.9 Å². The number of aliphatic hydroxyl groups is 3. The molecule has 4 aliphatic heterocycles. The van der Waals surface area contributed by atoms with Crippen LogP contribution in [0, 0.1) is 5.41 Å². The first-order valence-corrected chi connectivity index (χ1v) is 19.0. The monoisotopic (exact) mass is 722 g/mol. The number of hydrogen-bond donors (Lipinski definition) is 3. The molecule has 12 nitrogen and oxygen atoms in total. The second kappa shape index (κ2) is 19.7. The van der Waals surface area contributed by atoms with Crippen LogP contribution in [0.3, 0.4) is 0 Å². The third kappa shape index (κ3) is 12.1. The number of carbonyl (C=O) groups is 2. The van der Waals surface area contributed by atoms with Gasteiger partial charge in [-0.3, -0.25) is 4.79 Å². The van der Waals surface area contributed by atoms with Gasteiger partial charge in [0.15, 0.2) is 12.4 Å². The normalized spacial score (nSPS) is 36.4. The van der Waals surface area contributed by atoms with Crippen LogP contribution in [-0.4, -0.2) is 102 Å². The van der Waals surface area contributed by atoms with E-state index in [0.717, 1.165) is 44.9 Å². The van der Waals surface area contributed by atoms with Crippen molar-refractivity contribution < 1.29 is 58.1 Å². The van der Waals surface area contributed by atoms with E-state index < -0.39 is 60.5 Å². The van der Waals surface area contributed by atoms with Crippen molar-refractivity contribution in [3.05, 3.63) is 36.1 Å². The Bertz CT molecular complexity index is 1200. The van der Waals surface area contributed by atoms with Crippen LogP contribution in [0.2, 0.25) is 0 Å². The maximum absolute atomic E-state index is 13.3. The standard InChI is InChI=1S/C39H62O12/c1-6-7-8-9-10-14-34(42)50-37-27(21-35(43)45-5)20-32-24-33(25-40)47-26(2)19-28(41)22-29-12-11-13-30(48-29)23-31-16-18-46-36(49-31)15-17-38(3,4)39(37,44)51-32/h15,17,21,28-33,36-37,40-41,44H,2,6-14,16,18-20,22-25H2,1,3-5H3/b17-15+,27-21+/t28-,29-,30?,31?,32-,33+,36-,37-,39+/m0/s1. The number of methoxy groups -OCH3 is 1. The molecule has 9 atom stereocenters. The Morgan fingerprint density at radius 2 is 1.73 bits per heavy atom. The van der Waals surface area contributed by atoms with Crippen molar-refractivity contribution in [2.24, 2.45) is 5.41 Å². The Hall–Kier alpha value is -2.32. The van der Waals surface area contributed by atoms with E-state index in [4.69, 9.17) is 33.2 Å². The molecule has 290 valence electrons. The Labute approximate surface area is 303 Å². The van der Waals surface area contributed by atoms with Crippen LogP contribution in [0.1, 0.15) is 117 Å². The highest BCUT2D eigenvalue weighted by molar-refractivity contribution is 5.83. The molecule has 0 aromatic heterocycles. The van der Waals surface area contributed by atoms with Gasteiger partial charge in [-0.25, -0.2) is 4.79 Å². The maximum atomic E-state index is 13.3. The number of esters is 2. The van der Waals surface area contributed by atoms with Gasteiger partial charge < -0.3 is 48.5 Å². The minimum atomic E-state index is -2.18. The van der Waals surface area contributed by atoms with Gasteiger partial charge in [-0.1, -0.05) is 59.1 Å². The summed E-state index contributed by atoms with van der Waals surface area (Å²) >= 11 is 0. The summed E-state index contributed by atoms with van der Waals surface area (Å²) in [4.78, 5) is 26.0. The third-order valence-corrected chi connectivity index (χ3v) is 10.4. The van der Waals surface area contributed by atoms with Crippen LogP contribution in [0.5, 0.6) is 0 Å². The number of ether oxygens (including phenoxy) is 7. The largest absolute Gasteiger partial charge is 0.493 e. The number of hydrogen-bond acceptors (Lipinski definition) is 12. The molecule has 51 heavy (non-hydrogen) atoms. The van der Waals surface area contributed by atoms with E-state index >= 15 is 0 Å². The van der Waals surface area contributed by atoms with Gasteiger partial charge in [-0.15, -0.1) is 0 Å². The Morgan fingerprint density at radius 3 is 2.45 bits per heavy atom. The molecule has 4 heterocycles. The molecule has 4 rings (SSSR count). The van der Waals surface area contributed by atoms with Gasteiger partial charge >= 0.3 is 11.9 Å². The van der Waals surface area contributed by atoms with E-state index in [-0.39, 0.29) is 44.0 Å². The summed E-state index contributed by atoms with van der Waals surface area (Å²) in [5.41, 5.74) is -0.928. The first-order chi connectivity index (χ1) is 24.3. The van der Waals surface area contributed by atoms with Crippen LogP contribution >= 0.6 is 0 Å². The first-order valence-electron chi connectivity index (χ1n) is 19.0. The molecule has 0 aliphatic carbocycles. The predicted molar refractivity (Wildman–Crippen MR) is 188 cm³/mol. The van der Waals surface area contributed by atoms with Gasteiger partial charge in [-0.2, -0.15) is 0 Å². The fourth-order valence-corrected chi connectivity index (χ4v) is 7.50. The first kappa shape index (κ1) is 41.4. The molecule has 6 bridgehead atoms. The van der Waals surface area contributed by atoms with Crippen molar-refractivity contribution in [3.63, 3.8) is 0 Å². The second-order valence-electron chi connectivity index (χ2n) is 15.1. The molecule has 4 aliphatic rings. The van der Waals surface area contributed by atoms with Gasteiger partial charge in [0, 0.05) is 30.8 Å². The van der Waals surface area contributed by atoms with Crippen molar-refractivity contribution in [2.75, 3.05) is 20.3 Å². The Morgan fingerprint density at radius 1 is 1.00 bits per heavy atom. The van der Waals surface area contributed by atoms with Crippen molar-refractivity contribution >= 4 is 11.9 Å². The molecule has 3 N–H and O–H groups in total. The number of fused-ring (bicyclic) bond motifs is 6. The van der Waals surface area contributed by atoms with E-state index in [0.29, 0.717) is 43.6 Å². The molecule has 2 unspecified atom stereocenters. The highest BCUT2D eigenvalue weighted by Gasteiger charge is 2.57. The van der Waals surface area contributed by atoms with Crippen LogP contribution < -0.4 is 0 Å². The highest BCUT2D eigenvalue weighted by Crippen LogP contribution is 2.47.